The Kier molecular flexibility index (Phi) is 6.83. The van der Waals surface area contributed by atoms with Gasteiger partial charge < -0.3 is 9.80 Å². The zero-order valence-electron chi connectivity index (χ0n) is 23.9. The highest BCUT2D eigenvalue weighted by molar-refractivity contribution is 5.81. The number of rotatable bonds is 4. The number of benzene rings is 1. The molecule has 0 N–H and O–H groups in total. The third kappa shape index (κ3) is 4.70. The fourth-order valence-electron chi connectivity index (χ4n) is 7.41. The Morgan fingerprint density at radius 2 is 1.82 bits per heavy atom. The highest BCUT2D eigenvalue weighted by atomic mass is 15.3. The number of dihydropyridines is 1. The van der Waals surface area contributed by atoms with Crippen LogP contribution in [0.5, 0.6) is 0 Å². The van der Waals surface area contributed by atoms with Gasteiger partial charge in [-0.15, -0.1) is 0 Å². The van der Waals surface area contributed by atoms with Crippen LogP contribution in [0.2, 0.25) is 0 Å². The van der Waals surface area contributed by atoms with Crippen molar-refractivity contribution in [3.63, 3.8) is 0 Å². The summed E-state index contributed by atoms with van der Waals surface area (Å²) in [6.07, 6.45) is 36.2. The molecule has 0 saturated heterocycles. The van der Waals surface area contributed by atoms with Gasteiger partial charge in [-0.3, -0.25) is 4.99 Å². The van der Waals surface area contributed by atoms with Crippen LogP contribution in [-0.2, 0) is 0 Å². The van der Waals surface area contributed by atoms with Crippen molar-refractivity contribution in [1.29, 1.82) is 0 Å². The number of para-hydroxylation sites is 2. The molecule has 3 nitrogen and oxygen atoms in total. The fraction of sp³-hybridized carbons (Fsp3) is 0.378. The fourth-order valence-corrected chi connectivity index (χ4v) is 7.41. The first-order valence-electron chi connectivity index (χ1n) is 15.4. The van der Waals surface area contributed by atoms with E-state index >= 15 is 0 Å². The van der Waals surface area contributed by atoms with Crippen molar-refractivity contribution in [2.24, 2.45) is 16.8 Å². The van der Waals surface area contributed by atoms with Gasteiger partial charge in [-0.05, 0) is 98.8 Å². The monoisotopic (exact) mass is 527 g/mol. The number of hydrogen-bond acceptors (Lipinski definition) is 3. The molecule has 0 radical (unpaired) electrons. The molecule has 4 aliphatic carbocycles. The molecule has 0 spiro atoms. The maximum Gasteiger partial charge on any atom is 0.0747 e. The molecule has 0 amide bonds. The first-order valence-corrected chi connectivity index (χ1v) is 15.4. The zero-order chi connectivity index (χ0) is 27.1. The molecule has 5 atom stereocenters. The van der Waals surface area contributed by atoms with Gasteiger partial charge in [-0.25, -0.2) is 0 Å². The van der Waals surface area contributed by atoms with Crippen LogP contribution in [0.4, 0.5) is 11.4 Å². The van der Waals surface area contributed by atoms with Crippen molar-refractivity contribution in [3.8, 4) is 0 Å². The van der Waals surface area contributed by atoms with Gasteiger partial charge in [-0.1, -0.05) is 73.7 Å². The molecule has 0 bridgehead atoms. The van der Waals surface area contributed by atoms with Crippen LogP contribution < -0.4 is 9.80 Å². The lowest BCUT2D eigenvalue weighted by atomic mass is 9.81. The minimum absolute atomic E-state index is 0.294. The lowest BCUT2D eigenvalue weighted by molar-refractivity contribution is 0.484. The maximum atomic E-state index is 4.86. The van der Waals surface area contributed by atoms with Crippen LogP contribution in [0.15, 0.2) is 124 Å². The molecule has 0 aromatic heterocycles. The van der Waals surface area contributed by atoms with Gasteiger partial charge in [0.1, 0.15) is 0 Å². The first kappa shape index (κ1) is 25.4. The first-order chi connectivity index (χ1) is 19.7. The Morgan fingerprint density at radius 3 is 2.65 bits per heavy atom. The molecule has 1 aromatic rings. The number of anilines is 2. The third-order valence-corrected chi connectivity index (χ3v) is 9.43. The lowest BCUT2D eigenvalue weighted by Gasteiger charge is -2.52. The van der Waals surface area contributed by atoms with Gasteiger partial charge in [0.25, 0.3) is 0 Å². The summed E-state index contributed by atoms with van der Waals surface area (Å²) in [4.78, 5) is 10.2. The second-order valence-electron chi connectivity index (χ2n) is 12.3. The molecule has 0 saturated carbocycles. The summed E-state index contributed by atoms with van der Waals surface area (Å²) >= 11 is 0. The number of fused-ring (bicyclic) bond motifs is 2. The molecule has 1 aromatic carbocycles. The zero-order valence-corrected chi connectivity index (χ0v) is 23.9. The Labute approximate surface area is 240 Å². The molecule has 2 heterocycles. The molecule has 40 heavy (non-hydrogen) atoms. The summed E-state index contributed by atoms with van der Waals surface area (Å²) in [7, 11) is 0. The van der Waals surface area contributed by atoms with E-state index in [4.69, 9.17) is 4.99 Å². The molecule has 7 rings (SSSR count). The van der Waals surface area contributed by atoms with E-state index in [1.165, 1.54) is 45.9 Å². The highest BCUT2D eigenvalue weighted by Crippen LogP contribution is 2.47. The summed E-state index contributed by atoms with van der Waals surface area (Å²) in [5.74, 6) is 1.00. The largest absolute Gasteiger partial charge is 0.335 e. The third-order valence-electron chi connectivity index (χ3n) is 9.43. The Morgan fingerprint density at radius 1 is 0.950 bits per heavy atom. The van der Waals surface area contributed by atoms with Crippen LogP contribution in [-0.4, -0.2) is 24.3 Å². The van der Waals surface area contributed by atoms with Gasteiger partial charge in [0.2, 0.25) is 0 Å². The van der Waals surface area contributed by atoms with Crippen molar-refractivity contribution in [1.82, 2.24) is 0 Å². The number of nitrogens with zero attached hydrogens (tertiary/aromatic N) is 3. The Balaban J connectivity index is 1.21. The van der Waals surface area contributed by atoms with Crippen molar-refractivity contribution < 1.29 is 0 Å². The number of allylic oxidation sites excluding steroid dienone is 12. The highest BCUT2D eigenvalue weighted by Gasteiger charge is 2.41. The van der Waals surface area contributed by atoms with Crippen LogP contribution in [0.3, 0.4) is 0 Å². The van der Waals surface area contributed by atoms with E-state index in [9.17, 15) is 0 Å². The smallest absolute Gasteiger partial charge is 0.0747 e. The van der Waals surface area contributed by atoms with Crippen molar-refractivity contribution in [2.75, 3.05) is 9.80 Å². The van der Waals surface area contributed by atoms with Crippen molar-refractivity contribution in [3.05, 3.63) is 119 Å². The van der Waals surface area contributed by atoms with Gasteiger partial charge in [0.15, 0.2) is 0 Å². The van der Waals surface area contributed by atoms with Crippen LogP contribution in [0, 0.1) is 11.8 Å². The maximum absolute atomic E-state index is 4.86. The number of hydrogen-bond donors (Lipinski definition) is 0. The Bertz CT molecular complexity index is 1440. The second kappa shape index (κ2) is 10.8. The molecule has 2 aliphatic heterocycles. The Hall–Kier alpha value is -3.59. The summed E-state index contributed by atoms with van der Waals surface area (Å²) in [5.41, 5.74) is 9.74. The average Bonchev–Trinajstić information content (AvgIpc) is 3.00. The summed E-state index contributed by atoms with van der Waals surface area (Å²) in [6, 6.07) is 10.2. The molecule has 6 aliphatic rings. The van der Waals surface area contributed by atoms with E-state index in [1.54, 1.807) is 0 Å². The topological polar surface area (TPSA) is 18.8 Å². The molecule has 0 fully saturated rings. The van der Waals surface area contributed by atoms with Gasteiger partial charge >= 0.3 is 0 Å². The van der Waals surface area contributed by atoms with E-state index < -0.39 is 0 Å². The van der Waals surface area contributed by atoms with Crippen LogP contribution in [0.1, 0.15) is 58.8 Å². The van der Waals surface area contributed by atoms with E-state index in [0.717, 1.165) is 38.5 Å². The van der Waals surface area contributed by atoms with Crippen LogP contribution in [0.25, 0.3) is 0 Å². The van der Waals surface area contributed by atoms with E-state index in [-0.39, 0.29) is 0 Å². The van der Waals surface area contributed by atoms with Gasteiger partial charge in [0, 0.05) is 23.5 Å². The van der Waals surface area contributed by atoms with Crippen molar-refractivity contribution >= 4 is 17.6 Å². The molecular weight excluding hydrogens is 486 g/mol. The van der Waals surface area contributed by atoms with Gasteiger partial charge in [-0.2, -0.15) is 0 Å². The summed E-state index contributed by atoms with van der Waals surface area (Å²) in [6.45, 7) is 4.48. The van der Waals surface area contributed by atoms with Crippen LogP contribution >= 0.6 is 0 Å². The average molecular weight is 528 g/mol. The minimum atomic E-state index is 0.294. The van der Waals surface area contributed by atoms with E-state index in [2.05, 4.69) is 115 Å². The molecule has 204 valence electrons. The minimum Gasteiger partial charge on any atom is -0.335 e. The van der Waals surface area contributed by atoms with E-state index in [0.29, 0.717) is 30.0 Å². The molecular formula is C37H41N3. The normalized spacial score (nSPS) is 31.1. The molecule has 3 heteroatoms. The summed E-state index contributed by atoms with van der Waals surface area (Å²) in [5, 5.41) is 0. The quantitative estimate of drug-likeness (QED) is 0.364. The second-order valence-corrected chi connectivity index (χ2v) is 12.3. The lowest BCUT2D eigenvalue weighted by Crippen LogP contribution is -2.55. The number of aliphatic imine (C=N–C) groups is 1. The van der Waals surface area contributed by atoms with E-state index in [1.807, 2.05) is 6.21 Å². The summed E-state index contributed by atoms with van der Waals surface area (Å²) < 4.78 is 0. The standard InChI is InChI=1S/C37H41N3/c1-26-10-7-14-31(22-26)39-34-16-3-5-18-36(34)40(37-19-6-4-17-35(37)39)32-15-9-12-29(24-32)28-11-8-13-30(23-28)33-21-20-27(2)25-38-33/h3,5-8,11-14,16,18-20,22,24-26,28,33,35,37H,4,9-10,15,17,21,23H2,1-2H3. The SMILES string of the molecule is CC1=CCC(C2=CC=CC(C3=CCCC(N4c5ccccc5N(C5=CC(C)CC=C5)C5CCC=CC54)=C3)C2)N=C1. The van der Waals surface area contributed by atoms with Crippen molar-refractivity contribution in [2.45, 2.75) is 76.9 Å². The van der Waals surface area contributed by atoms with Gasteiger partial charge in [0.05, 0.1) is 29.5 Å². The predicted octanol–water partition coefficient (Wildman–Crippen LogP) is 8.78. The molecule has 5 unspecified atom stereocenters. The predicted molar refractivity (Wildman–Crippen MR) is 170 cm³/mol.